The van der Waals surface area contributed by atoms with Gasteiger partial charge in [-0.25, -0.2) is 9.18 Å². The molecule has 164 valence electrons. The van der Waals surface area contributed by atoms with Gasteiger partial charge in [-0.1, -0.05) is 25.5 Å². The van der Waals surface area contributed by atoms with Gasteiger partial charge in [-0.05, 0) is 17.7 Å². The van der Waals surface area contributed by atoms with Crippen molar-refractivity contribution < 1.29 is 43.8 Å². The normalized spacial score (nSPS) is 27.7. The number of hydrogen-bond acceptors (Lipinski definition) is 9. The maximum atomic E-state index is 13.6. The topological polar surface area (TPSA) is 152 Å². The number of alkyl halides is 1. The monoisotopic (exact) mass is 417 g/mol. The van der Waals surface area contributed by atoms with Gasteiger partial charge in [0.15, 0.2) is 6.29 Å². The van der Waals surface area contributed by atoms with Gasteiger partial charge in [0, 0.05) is 12.8 Å². The van der Waals surface area contributed by atoms with E-state index in [1.165, 1.54) is 0 Å². The summed E-state index contributed by atoms with van der Waals surface area (Å²) in [6, 6.07) is 6.27. The fourth-order valence-corrected chi connectivity index (χ4v) is 2.79. The molecule has 0 aliphatic carbocycles. The largest absolute Gasteiger partial charge is 0.465 e. The van der Waals surface area contributed by atoms with Gasteiger partial charge in [0.2, 0.25) is 6.29 Å². The van der Waals surface area contributed by atoms with Gasteiger partial charge in [0.1, 0.15) is 36.3 Å². The van der Waals surface area contributed by atoms with Crippen LogP contribution >= 0.6 is 0 Å². The molecule has 1 aromatic carbocycles. The van der Waals surface area contributed by atoms with E-state index in [2.05, 4.69) is 0 Å². The van der Waals surface area contributed by atoms with E-state index in [9.17, 15) is 29.6 Å². The van der Waals surface area contributed by atoms with Crippen LogP contribution < -0.4 is 10.5 Å². The van der Waals surface area contributed by atoms with Gasteiger partial charge >= 0.3 is 5.97 Å². The molecule has 0 saturated carbocycles. The van der Waals surface area contributed by atoms with Gasteiger partial charge in [0.05, 0.1) is 6.61 Å². The molecule has 9 nitrogen and oxygen atoms in total. The maximum Gasteiger partial charge on any atom is 0.331 e. The Morgan fingerprint density at radius 1 is 1.31 bits per heavy atom. The third kappa shape index (κ3) is 6.08. The Kier molecular flexibility index (Phi) is 8.32. The van der Waals surface area contributed by atoms with Gasteiger partial charge in [0.25, 0.3) is 0 Å². The average Bonchev–Trinajstić information content (AvgIpc) is 2.70. The van der Waals surface area contributed by atoms with Crippen LogP contribution in [0, 0.1) is 0 Å². The molecule has 0 radical (unpaired) electrons. The number of ether oxygens (including phenoxy) is 3. The zero-order chi connectivity index (χ0) is 21.6. The minimum absolute atomic E-state index is 0.214. The number of rotatable bonds is 9. The van der Waals surface area contributed by atoms with Crippen LogP contribution in [-0.4, -0.2) is 76.1 Å². The summed E-state index contributed by atoms with van der Waals surface area (Å²) in [7, 11) is 0. The number of esters is 1. The third-order valence-corrected chi connectivity index (χ3v) is 4.57. The van der Waals surface area contributed by atoms with E-state index in [4.69, 9.17) is 19.9 Å². The quantitative estimate of drug-likeness (QED) is 0.261. The molecule has 10 heteroatoms. The van der Waals surface area contributed by atoms with E-state index < -0.39 is 49.1 Å². The molecular formula is C19H28FNO8. The predicted octanol–water partition coefficient (Wildman–Crippen LogP) is -0.624. The highest BCUT2D eigenvalue weighted by Crippen LogP contribution is 2.22. The van der Waals surface area contributed by atoms with Crippen molar-refractivity contribution in [2.45, 2.75) is 62.6 Å². The summed E-state index contributed by atoms with van der Waals surface area (Å²) >= 11 is 0. The van der Waals surface area contributed by atoms with Crippen molar-refractivity contribution in [3.8, 4) is 5.75 Å². The number of hydrogen-bond donors (Lipinski definition) is 5. The molecule has 6 atom stereocenters. The van der Waals surface area contributed by atoms with Crippen LogP contribution in [0.3, 0.4) is 0 Å². The van der Waals surface area contributed by atoms with Crippen molar-refractivity contribution in [2.75, 3.05) is 13.3 Å². The number of carbonyl (C=O) groups is 1. The fourth-order valence-electron chi connectivity index (χ4n) is 2.79. The molecule has 1 aliphatic heterocycles. The molecule has 1 fully saturated rings. The second-order valence-corrected chi connectivity index (χ2v) is 7.13. The molecule has 0 aromatic heterocycles. The molecule has 0 amide bonds. The van der Waals surface area contributed by atoms with E-state index in [1.807, 2.05) is 6.92 Å². The van der Waals surface area contributed by atoms with Crippen LogP contribution in [0.25, 0.3) is 0 Å². The van der Waals surface area contributed by atoms with E-state index >= 15 is 0 Å². The Labute approximate surface area is 167 Å². The van der Waals surface area contributed by atoms with Crippen LogP contribution in [0.15, 0.2) is 24.3 Å². The van der Waals surface area contributed by atoms with Gasteiger partial charge in [-0.15, -0.1) is 0 Å². The number of benzene rings is 1. The summed E-state index contributed by atoms with van der Waals surface area (Å²) < 4.78 is 28.9. The number of carbonyl (C=O) groups excluding carboxylic acids is 1. The number of aliphatic hydroxyl groups excluding tert-OH is 4. The van der Waals surface area contributed by atoms with Gasteiger partial charge < -0.3 is 40.4 Å². The minimum Gasteiger partial charge on any atom is -0.465 e. The lowest BCUT2D eigenvalue weighted by Crippen LogP contribution is -2.58. The zero-order valence-electron chi connectivity index (χ0n) is 16.1. The highest BCUT2D eigenvalue weighted by molar-refractivity contribution is 5.81. The molecule has 1 aliphatic rings. The SMILES string of the molecule is CCCC(O)Oc1ccc(C[C@@](N)(CF)C(=O)O[C@@H]2OC[C@@H](O)[C@H](O)[C@H]2O)cc1. The van der Waals surface area contributed by atoms with Crippen molar-refractivity contribution in [2.24, 2.45) is 5.73 Å². The highest BCUT2D eigenvalue weighted by atomic mass is 19.1. The van der Waals surface area contributed by atoms with Gasteiger partial charge in [-0.3, -0.25) is 0 Å². The molecule has 1 heterocycles. The summed E-state index contributed by atoms with van der Waals surface area (Å²) in [5.41, 5.74) is 4.35. The van der Waals surface area contributed by atoms with E-state index in [1.54, 1.807) is 24.3 Å². The summed E-state index contributed by atoms with van der Waals surface area (Å²) in [6.45, 7) is 0.300. The summed E-state index contributed by atoms with van der Waals surface area (Å²) in [5, 5.41) is 38.6. The first-order chi connectivity index (χ1) is 13.7. The summed E-state index contributed by atoms with van der Waals surface area (Å²) in [6.07, 6.45) is -6.10. The molecule has 1 unspecified atom stereocenters. The van der Waals surface area contributed by atoms with E-state index in [0.717, 1.165) is 6.42 Å². The molecule has 6 N–H and O–H groups in total. The standard InChI is InChI=1S/C19H28FNO8/c1-2-3-14(23)28-12-6-4-11(5-7-12)8-19(21,10-20)18(26)29-17-16(25)15(24)13(22)9-27-17/h4-7,13-17,22-25H,2-3,8-10,21H2,1H3/t13-,14?,15+,16-,17+,19-/m1/s1. The van der Waals surface area contributed by atoms with Gasteiger partial charge in [-0.2, -0.15) is 0 Å². The number of aliphatic hydroxyl groups is 4. The fraction of sp³-hybridized carbons (Fsp3) is 0.632. The van der Waals surface area contributed by atoms with Crippen LogP contribution in [0.2, 0.25) is 0 Å². The molecule has 29 heavy (non-hydrogen) atoms. The van der Waals surface area contributed by atoms with E-state index in [0.29, 0.717) is 17.7 Å². The van der Waals surface area contributed by atoms with Crippen molar-refractivity contribution >= 4 is 5.97 Å². The highest BCUT2D eigenvalue weighted by Gasteiger charge is 2.44. The predicted molar refractivity (Wildman–Crippen MR) is 98.4 cm³/mol. The second-order valence-electron chi connectivity index (χ2n) is 7.13. The molecular weight excluding hydrogens is 389 g/mol. The Bertz CT molecular complexity index is 660. The lowest BCUT2D eigenvalue weighted by molar-refractivity contribution is -0.265. The number of nitrogens with two attached hydrogens (primary N) is 1. The Morgan fingerprint density at radius 2 is 1.97 bits per heavy atom. The molecule has 1 saturated heterocycles. The third-order valence-electron chi connectivity index (χ3n) is 4.57. The molecule has 0 spiro atoms. The first-order valence-electron chi connectivity index (χ1n) is 9.35. The molecule has 1 aromatic rings. The Hall–Kier alpha value is -1.82. The molecule has 2 rings (SSSR count). The van der Waals surface area contributed by atoms with Crippen LogP contribution in [0.5, 0.6) is 5.75 Å². The Morgan fingerprint density at radius 3 is 2.55 bits per heavy atom. The maximum absolute atomic E-state index is 13.6. The van der Waals surface area contributed by atoms with Crippen LogP contribution in [-0.2, 0) is 20.7 Å². The Balaban J connectivity index is 2.00. The lowest BCUT2D eigenvalue weighted by atomic mass is 9.93. The second kappa shape index (κ2) is 10.3. The zero-order valence-corrected chi connectivity index (χ0v) is 16.1. The van der Waals surface area contributed by atoms with Crippen molar-refractivity contribution in [1.82, 2.24) is 0 Å². The summed E-state index contributed by atoms with van der Waals surface area (Å²) in [4.78, 5) is 12.4. The minimum atomic E-state index is -2.05. The van der Waals surface area contributed by atoms with Crippen LogP contribution in [0.1, 0.15) is 25.3 Å². The van der Waals surface area contributed by atoms with Crippen LogP contribution in [0.4, 0.5) is 4.39 Å². The van der Waals surface area contributed by atoms with E-state index in [-0.39, 0.29) is 13.0 Å². The lowest BCUT2D eigenvalue weighted by Gasteiger charge is -2.36. The van der Waals surface area contributed by atoms with Crippen molar-refractivity contribution in [1.29, 1.82) is 0 Å². The summed E-state index contributed by atoms with van der Waals surface area (Å²) in [5.74, 6) is -0.752. The average molecular weight is 417 g/mol. The first kappa shape index (κ1) is 23.5. The molecule has 0 bridgehead atoms. The first-order valence-corrected chi connectivity index (χ1v) is 9.35. The number of halogens is 1. The van der Waals surface area contributed by atoms with Crippen molar-refractivity contribution in [3.63, 3.8) is 0 Å². The smallest absolute Gasteiger partial charge is 0.331 e. The van der Waals surface area contributed by atoms with Crippen molar-refractivity contribution in [3.05, 3.63) is 29.8 Å².